The van der Waals surface area contributed by atoms with E-state index >= 15 is 0 Å². The molecule has 0 bridgehead atoms. The molecule has 1 aromatic carbocycles. The van der Waals surface area contributed by atoms with E-state index in [1.165, 1.54) is 5.56 Å². The Kier molecular flexibility index (Phi) is 11.3. The molecule has 0 aliphatic heterocycles. The van der Waals surface area contributed by atoms with Crippen LogP contribution in [0.4, 0.5) is 0 Å². The summed E-state index contributed by atoms with van der Waals surface area (Å²) in [5.41, 5.74) is 0.0223. The van der Waals surface area contributed by atoms with Crippen molar-refractivity contribution in [3.8, 4) is 0 Å². The first-order valence-corrected chi connectivity index (χ1v) is 9.84. The standard InChI is InChI=1S/C22H33N3O3.HI/c1-5-23-21(25-16-22(4,26)20-12-11-18(3)28-20)24-13-17(2)14-27-15-19-9-7-6-8-10-19;/h6-12,17,26H,5,13-16H2,1-4H3,(H2,23,24,25);1H. The Hall–Kier alpha value is -1.58. The summed E-state index contributed by atoms with van der Waals surface area (Å²) in [5.74, 6) is 2.28. The Bertz CT molecular complexity index is 732. The highest BCUT2D eigenvalue weighted by Crippen LogP contribution is 2.23. The molecule has 0 saturated carbocycles. The van der Waals surface area contributed by atoms with Crippen LogP contribution < -0.4 is 10.6 Å². The molecule has 0 amide bonds. The maximum Gasteiger partial charge on any atom is 0.191 e. The van der Waals surface area contributed by atoms with E-state index in [0.29, 0.717) is 30.9 Å². The predicted octanol–water partition coefficient (Wildman–Crippen LogP) is 3.82. The summed E-state index contributed by atoms with van der Waals surface area (Å²) in [7, 11) is 0. The van der Waals surface area contributed by atoms with E-state index in [4.69, 9.17) is 9.15 Å². The molecule has 1 heterocycles. The lowest BCUT2D eigenvalue weighted by molar-refractivity contribution is 0.0428. The van der Waals surface area contributed by atoms with Crippen LogP contribution in [0.2, 0.25) is 0 Å². The molecule has 2 unspecified atom stereocenters. The molecule has 162 valence electrons. The molecule has 6 nitrogen and oxygen atoms in total. The fourth-order valence-corrected chi connectivity index (χ4v) is 2.66. The number of nitrogens with zero attached hydrogens (tertiary/aromatic N) is 1. The summed E-state index contributed by atoms with van der Waals surface area (Å²) in [4.78, 5) is 4.51. The van der Waals surface area contributed by atoms with Gasteiger partial charge in [-0.25, -0.2) is 4.99 Å². The van der Waals surface area contributed by atoms with Crippen LogP contribution in [0, 0.1) is 12.8 Å². The third-order valence-electron chi connectivity index (χ3n) is 4.29. The second-order valence-electron chi connectivity index (χ2n) is 7.37. The summed E-state index contributed by atoms with van der Waals surface area (Å²) < 4.78 is 11.3. The van der Waals surface area contributed by atoms with Crippen molar-refractivity contribution in [1.82, 2.24) is 10.6 Å². The van der Waals surface area contributed by atoms with E-state index in [2.05, 4.69) is 34.7 Å². The van der Waals surface area contributed by atoms with E-state index in [0.717, 1.165) is 18.8 Å². The highest BCUT2D eigenvalue weighted by molar-refractivity contribution is 14.0. The number of nitrogens with one attached hydrogen (secondary N) is 2. The summed E-state index contributed by atoms with van der Waals surface area (Å²) in [6.07, 6.45) is 0. The predicted molar refractivity (Wildman–Crippen MR) is 128 cm³/mol. The zero-order chi connectivity index (χ0) is 20.4. The Balaban J connectivity index is 0.00000420. The van der Waals surface area contributed by atoms with Gasteiger partial charge in [0.05, 0.1) is 19.8 Å². The molecule has 0 spiro atoms. The molecule has 3 N–H and O–H groups in total. The van der Waals surface area contributed by atoms with Crippen LogP contribution in [-0.2, 0) is 16.9 Å². The topological polar surface area (TPSA) is 79.0 Å². The molecule has 0 radical (unpaired) electrons. The highest BCUT2D eigenvalue weighted by Gasteiger charge is 2.26. The molecular weight excluding hydrogens is 481 g/mol. The second kappa shape index (κ2) is 12.9. The Morgan fingerprint density at radius 3 is 2.55 bits per heavy atom. The molecule has 0 saturated heterocycles. The molecule has 0 fully saturated rings. The third kappa shape index (κ3) is 9.18. The van der Waals surface area contributed by atoms with Gasteiger partial charge < -0.3 is 24.9 Å². The summed E-state index contributed by atoms with van der Waals surface area (Å²) in [6.45, 7) is 10.6. The van der Waals surface area contributed by atoms with Crippen LogP contribution in [0.25, 0.3) is 0 Å². The van der Waals surface area contributed by atoms with Crippen LogP contribution in [0.3, 0.4) is 0 Å². The lowest BCUT2D eigenvalue weighted by Gasteiger charge is -2.20. The first kappa shape index (κ1) is 25.5. The number of ether oxygens (including phenoxy) is 1. The van der Waals surface area contributed by atoms with Gasteiger partial charge in [0.2, 0.25) is 0 Å². The van der Waals surface area contributed by atoms with E-state index in [-0.39, 0.29) is 30.5 Å². The number of hydrogen-bond acceptors (Lipinski definition) is 4. The van der Waals surface area contributed by atoms with Crippen molar-refractivity contribution in [2.24, 2.45) is 10.9 Å². The minimum absolute atomic E-state index is 0. The number of aryl methyl sites for hydroxylation is 1. The van der Waals surface area contributed by atoms with Gasteiger partial charge in [0, 0.05) is 13.1 Å². The normalized spacial score (nSPS) is 14.6. The minimum atomic E-state index is -1.15. The lowest BCUT2D eigenvalue weighted by atomic mass is 10.0. The molecule has 29 heavy (non-hydrogen) atoms. The zero-order valence-corrected chi connectivity index (χ0v) is 20.1. The molecule has 7 heteroatoms. The molecule has 0 aliphatic rings. The molecular formula is C22H34IN3O3. The maximum absolute atomic E-state index is 10.6. The summed E-state index contributed by atoms with van der Waals surface area (Å²) in [5, 5.41) is 17.2. The molecule has 2 atom stereocenters. The van der Waals surface area contributed by atoms with Gasteiger partial charge in [0.15, 0.2) is 5.96 Å². The number of benzene rings is 1. The van der Waals surface area contributed by atoms with E-state index in [1.54, 1.807) is 13.0 Å². The largest absolute Gasteiger partial charge is 0.463 e. The van der Waals surface area contributed by atoms with Gasteiger partial charge in [-0.15, -0.1) is 24.0 Å². The van der Waals surface area contributed by atoms with Crippen molar-refractivity contribution in [3.63, 3.8) is 0 Å². The molecule has 0 aliphatic carbocycles. The third-order valence-corrected chi connectivity index (χ3v) is 4.29. The zero-order valence-electron chi connectivity index (χ0n) is 17.8. The fourth-order valence-electron chi connectivity index (χ4n) is 2.66. The van der Waals surface area contributed by atoms with Crippen LogP contribution in [0.1, 0.15) is 37.9 Å². The van der Waals surface area contributed by atoms with Crippen LogP contribution in [-0.4, -0.2) is 37.3 Å². The van der Waals surface area contributed by atoms with E-state index in [9.17, 15) is 5.11 Å². The number of rotatable bonds is 10. The average molecular weight is 515 g/mol. The van der Waals surface area contributed by atoms with Crippen molar-refractivity contribution in [1.29, 1.82) is 0 Å². The quantitative estimate of drug-likeness (QED) is 0.255. The number of aliphatic hydroxyl groups is 1. The van der Waals surface area contributed by atoms with Crippen molar-refractivity contribution >= 4 is 29.9 Å². The van der Waals surface area contributed by atoms with Crippen LogP contribution >= 0.6 is 24.0 Å². The van der Waals surface area contributed by atoms with Gasteiger partial charge >= 0.3 is 0 Å². The number of hydrogen-bond donors (Lipinski definition) is 3. The van der Waals surface area contributed by atoms with Gasteiger partial charge in [0.1, 0.15) is 17.1 Å². The second-order valence-corrected chi connectivity index (χ2v) is 7.37. The van der Waals surface area contributed by atoms with Gasteiger partial charge in [0.25, 0.3) is 0 Å². The van der Waals surface area contributed by atoms with Gasteiger partial charge in [-0.3, -0.25) is 0 Å². The highest BCUT2D eigenvalue weighted by atomic mass is 127. The average Bonchev–Trinajstić information content (AvgIpc) is 3.12. The fraction of sp³-hybridized carbons (Fsp3) is 0.500. The van der Waals surface area contributed by atoms with Crippen LogP contribution in [0.15, 0.2) is 51.9 Å². The van der Waals surface area contributed by atoms with Crippen molar-refractivity contribution in [3.05, 3.63) is 59.5 Å². The van der Waals surface area contributed by atoms with Gasteiger partial charge in [-0.1, -0.05) is 37.3 Å². The Morgan fingerprint density at radius 2 is 1.93 bits per heavy atom. The van der Waals surface area contributed by atoms with E-state index < -0.39 is 5.60 Å². The molecule has 1 aromatic heterocycles. The molecule has 2 rings (SSSR count). The van der Waals surface area contributed by atoms with Crippen molar-refractivity contribution < 1.29 is 14.3 Å². The van der Waals surface area contributed by atoms with Crippen molar-refractivity contribution in [2.75, 3.05) is 26.2 Å². The van der Waals surface area contributed by atoms with Gasteiger partial charge in [-0.2, -0.15) is 0 Å². The number of aliphatic imine (C=N–C) groups is 1. The smallest absolute Gasteiger partial charge is 0.191 e. The maximum atomic E-state index is 10.6. The minimum Gasteiger partial charge on any atom is -0.463 e. The van der Waals surface area contributed by atoms with Crippen LogP contribution in [0.5, 0.6) is 0 Å². The van der Waals surface area contributed by atoms with Gasteiger partial charge in [-0.05, 0) is 44.4 Å². The Morgan fingerprint density at radius 1 is 1.21 bits per heavy atom. The summed E-state index contributed by atoms with van der Waals surface area (Å²) in [6, 6.07) is 13.8. The first-order valence-electron chi connectivity index (χ1n) is 9.84. The monoisotopic (exact) mass is 515 g/mol. The number of furan rings is 1. The number of halogens is 1. The lowest BCUT2D eigenvalue weighted by Crippen LogP contribution is -2.41. The number of guanidine groups is 1. The van der Waals surface area contributed by atoms with Crippen molar-refractivity contribution in [2.45, 2.75) is 39.9 Å². The Labute approximate surface area is 191 Å². The SMILES string of the molecule is CCNC(=NCC(C)(O)c1ccc(C)o1)NCC(C)COCc1ccccc1.I. The molecule has 2 aromatic rings. The first-order chi connectivity index (χ1) is 13.4. The summed E-state index contributed by atoms with van der Waals surface area (Å²) >= 11 is 0. The van der Waals surface area contributed by atoms with E-state index in [1.807, 2.05) is 38.1 Å².